The second kappa shape index (κ2) is 6.41. The number of hydrogen-bond acceptors (Lipinski definition) is 2. The highest BCUT2D eigenvalue weighted by molar-refractivity contribution is 9.10. The van der Waals surface area contributed by atoms with Crippen LogP contribution in [-0.4, -0.2) is 11.5 Å². The van der Waals surface area contributed by atoms with E-state index in [0.29, 0.717) is 10.8 Å². The highest BCUT2D eigenvalue weighted by atomic mass is 79.9. The van der Waals surface area contributed by atoms with Crippen LogP contribution in [0.5, 0.6) is 0 Å². The van der Waals surface area contributed by atoms with E-state index in [-0.39, 0.29) is 5.78 Å². The molecule has 0 aliphatic carbocycles. The zero-order valence-electron chi connectivity index (χ0n) is 9.40. The van der Waals surface area contributed by atoms with Gasteiger partial charge in [0, 0.05) is 20.0 Å². The van der Waals surface area contributed by atoms with Crippen LogP contribution in [0, 0.1) is 0 Å². The van der Waals surface area contributed by atoms with E-state index in [1.165, 1.54) is 11.8 Å². The first-order valence-electron chi connectivity index (χ1n) is 5.32. The summed E-state index contributed by atoms with van der Waals surface area (Å²) in [5.41, 5.74) is 0.736. The van der Waals surface area contributed by atoms with Crippen molar-refractivity contribution in [1.82, 2.24) is 0 Å². The maximum Gasteiger partial charge on any atom is 0.173 e. The molecule has 2 aromatic carbocycles. The Hall–Kier alpha value is -0.770. The summed E-state index contributed by atoms with van der Waals surface area (Å²) in [6.45, 7) is 0. The van der Waals surface area contributed by atoms with Gasteiger partial charge in [0.05, 0.1) is 5.75 Å². The summed E-state index contributed by atoms with van der Waals surface area (Å²) in [6.07, 6.45) is 0. The quantitative estimate of drug-likeness (QED) is 0.570. The molecule has 92 valence electrons. The summed E-state index contributed by atoms with van der Waals surface area (Å²) in [5, 5.41) is 0.707. The van der Waals surface area contributed by atoms with Crippen LogP contribution in [0.4, 0.5) is 0 Å². The van der Waals surface area contributed by atoms with E-state index >= 15 is 0 Å². The van der Waals surface area contributed by atoms with Gasteiger partial charge in [-0.25, -0.2) is 0 Å². The fraction of sp³-hybridized carbons (Fsp3) is 0.0714. The van der Waals surface area contributed by atoms with Crippen LogP contribution < -0.4 is 0 Å². The zero-order chi connectivity index (χ0) is 13.0. The van der Waals surface area contributed by atoms with Gasteiger partial charge >= 0.3 is 0 Å². The molecule has 4 heteroatoms. The van der Waals surface area contributed by atoms with Crippen molar-refractivity contribution in [3.63, 3.8) is 0 Å². The molecular formula is C14H10BrClOS. The molecule has 0 atom stereocenters. The molecule has 18 heavy (non-hydrogen) atoms. The summed E-state index contributed by atoms with van der Waals surface area (Å²) in [7, 11) is 0. The number of thioether (sulfide) groups is 1. The first-order chi connectivity index (χ1) is 8.65. The normalized spacial score (nSPS) is 10.3. The van der Waals surface area contributed by atoms with E-state index in [1.807, 2.05) is 48.5 Å². The summed E-state index contributed by atoms with van der Waals surface area (Å²) in [6, 6.07) is 14.9. The first kappa shape index (κ1) is 13.7. The van der Waals surface area contributed by atoms with Crippen molar-refractivity contribution in [3.8, 4) is 0 Å². The zero-order valence-corrected chi connectivity index (χ0v) is 12.6. The molecule has 1 nitrogen and oxygen atoms in total. The van der Waals surface area contributed by atoms with E-state index in [1.54, 1.807) is 0 Å². The van der Waals surface area contributed by atoms with Crippen molar-refractivity contribution < 1.29 is 4.79 Å². The number of carbonyl (C=O) groups is 1. The van der Waals surface area contributed by atoms with Gasteiger partial charge in [-0.3, -0.25) is 4.79 Å². The van der Waals surface area contributed by atoms with Crippen LogP contribution in [0.2, 0.25) is 5.02 Å². The Morgan fingerprint density at radius 3 is 2.28 bits per heavy atom. The number of benzene rings is 2. The Balaban J connectivity index is 1.96. The van der Waals surface area contributed by atoms with Crippen molar-refractivity contribution in [2.75, 3.05) is 5.75 Å². The minimum Gasteiger partial charge on any atom is -0.293 e. The van der Waals surface area contributed by atoms with Gasteiger partial charge < -0.3 is 0 Å². The highest BCUT2D eigenvalue weighted by Gasteiger charge is 2.06. The van der Waals surface area contributed by atoms with Crippen LogP contribution in [0.3, 0.4) is 0 Å². The molecule has 0 fully saturated rings. The maximum absolute atomic E-state index is 11.9. The monoisotopic (exact) mass is 340 g/mol. The van der Waals surface area contributed by atoms with Gasteiger partial charge in [-0.1, -0.05) is 39.7 Å². The number of ketones is 1. The molecule has 0 N–H and O–H groups in total. The molecule has 0 aromatic heterocycles. The predicted octanol–water partition coefficient (Wildman–Crippen LogP) is 5.08. The van der Waals surface area contributed by atoms with E-state index in [2.05, 4.69) is 15.9 Å². The number of carbonyl (C=O) groups excluding carboxylic acids is 1. The van der Waals surface area contributed by atoms with Crippen LogP contribution in [0.25, 0.3) is 0 Å². The van der Waals surface area contributed by atoms with E-state index in [4.69, 9.17) is 11.6 Å². The maximum atomic E-state index is 11.9. The lowest BCUT2D eigenvalue weighted by atomic mass is 10.2. The topological polar surface area (TPSA) is 17.1 Å². The molecule has 0 radical (unpaired) electrons. The largest absolute Gasteiger partial charge is 0.293 e. The Kier molecular flexibility index (Phi) is 4.87. The van der Waals surface area contributed by atoms with Crippen molar-refractivity contribution in [3.05, 3.63) is 63.6 Å². The van der Waals surface area contributed by atoms with E-state index in [9.17, 15) is 4.79 Å². The van der Waals surface area contributed by atoms with Crippen LogP contribution in [0.1, 0.15) is 10.4 Å². The number of Topliss-reactive ketones (excluding diaryl/α,β-unsaturated/α-hetero) is 1. The molecule has 2 aromatic rings. The van der Waals surface area contributed by atoms with Crippen molar-refractivity contribution in [2.24, 2.45) is 0 Å². The fourth-order valence-corrected chi connectivity index (χ4v) is 2.58. The van der Waals surface area contributed by atoms with E-state index in [0.717, 1.165) is 14.9 Å². The van der Waals surface area contributed by atoms with Gasteiger partial charge in [-0.2, -0.15) is 0 Å². The molecule has 2 rings (SSSR count). The third kappa shape index (κ3) is 3.87. The lowest BCUT2D eigenvalue weighted by Gasteiger charge is -2.02. The van der Waals surface area contributed by atoms with Gasteiger partial charge in [0.1, 0.15) is 0 Å². The number of hydrogen-bond donors (Lipinski definition) is 0. The molecule has 0 unspecified atom stereocenters. The van der Waals surface area contributed by atoms with Gasteiger partial charge in [-0.15, -0.1) is 11.8 Å². The average molecular weight is 342 g/mol. The Morgan fingerprint density at radius 2 is 1.67 bits per heavy atom. The molecule has 0 saturated heterocycles. The predicted molar refractivity (Wildman–Crippen MR) is 80.6 cm³/mol. The second-order valence-corrected chi connectivity index (χ2v) is 6.07. The Labute approximate surface area is 124 Å². The average Bonchev–Trinajstić information content (AvgIpc) is 2.38. The fourth-order valence-electron chi connectivity index (χ4n) is 1.40. The molecule has 0 amide bonds. The summed E-state index contributed by atoms with van der Waals surface area (Å²) in [5.74, 6) is 0.561. The standard InChI is InChI=1S/C14H10BrClOS/c15-11-3-1-10(2-4-11)14(17)9-18-13-7-5-12(16)6-8-13/h1-8H,9H2. The Bertz CT molecular complexity index is 537. The van der Waals surface area contributed by atoms with Gasteiger partial charge in [0.15, 0.2) is 5.78 Å². The third-order valence-electron chi connectivity index (χ3n) is 2.35. The molecule has 0 spiro atoms. The molecule has 0 heterocycles. The lowest BCUT2D eigenvalue weighted by Crippen LogP contribution is -2.01. The molecule has 0 aliphatic heterocycles. The number of halogens is 2. The minimum atomic E-state index is 0.127. The second-order valence-electron chi connectivity index (χ2n) is 3.67. The van der Waals surface area contributed by atoms with Crippen molar-refractivity contribution in [2.45, 2.75) is 4.90 Å². The lowest BCUT2D eigenvalue weighted by molar-refractivity contribution is 0.102. The minimum absolute atomic E-state index is 0.127. The van der Waals surface area contributed by atoms with Crippen LogP contribution in [-0.2, 0) is 0 Å². The SMILES string of the molecule is O=C(CSc1ccc(Cl)cc1)c1ccc(Br)cc1. The molecule has 0 aliphatic rings. The van der Waals surface area contributed by atoms with Gasteiger partial charge in [0.25, 0.3) is 0 Å². The van der Waals surface area contributed by atoms with Crippen LogP contribution in [0.15, 0.2) is 57.9 Å². The van der Waals surface area contributed by atoms with Crippen molar-refractivity contribution >= 4 is 45.1 Å². The van der Waals surface area contributed by atoms with Gasteiger partial charge in [-0.05, 0) is 36.4 Å². The van der Waals surface area contributed by atoms with Crippen LogP contribution >= 0.6 is 39.3 Å². The molecule has 0 bridgehead atoms. The third-order valence-corrected chi connectivity index (χ3v) is 4.14. The summed E-state index contributed by atoms with van der Waals surface area (Å²) < 4.78 is 0.976. The Morgan fingerprint density at radius 1 is 1.06 bits per heavy atom. The highest BCUT2D eigenvalue weighted by Crippen LogP contribution is 2.21. The molecular weight excluding hydrogens is 332 g/mol. The smallest absolute Gasteiger partial charge is 0.173 e. The number of rotatable bonds is 4. The molecule has 0 saturated carbocycles. The van der Waals surface area contributed by atoms with E-state index < -0.39 is 0 Å². The summed E-state index contributed by atoms with van der Waals surface area (Å²) >= 11 is 10.7. The van der Waals surface area contributed by atoms with Gasteiger partial charge in [0.2, 0.25) is 0 Å². The summed E-state index contributed by atoms with van der Waals surface area (Å²) in [4.78, 5) is 13.0. The van der Waals surface area contributed by atoms with Crippen molar-refractivity contribution in [1.29, 1.82) is 0 Å². The first-order valence-corrected chi connectivity index (χ1v) is 7.48.